The molecule has 0 aliphatic rings. The van der Waals surface area contributed by atoms with E-state index in [1.54, 1.807) is 0 Å². The van der Waals surface area contributed by atoms with E-state index in [9.17, 15) is 0 Å². The molecular weight excluding hydrogens is 621 g/mol. The van der Waals surface area contributed by atoms with Crippen LogP contribution in [0.4, 0.5) is 0 Å². The van der Waals surface area contributed by atoms with E-state index in [1.807, 2.05) is 6.07 Å². The highest BCUT2D eigenvalue weighted by Crippen LogP contribution is 2.44. The Balaban J connectivity index is 1.18. The van der Waals surface area contributed by atoms with Gasteiger partial charge < -0.3 is 13.6 Å². The minimum Gasteiger partial charge on any atom is -0.454 e. The van der Waals surface area contributed by atoms with Crippen LogP contribution in [0, 0.1) is 0 Å². The number of nitrogens with zero attached hydrogens (tertiary/aromatic N) is 2. The number of furan rings is 1. The summed E-state index contributed by atoms with van der Waals surface area (Å²) in [6.45, 7) is 0. The molecule has 0 aliphatic heterocycles. The summed E-state index contributed by atoms with van der Waals surface area (Å²) in [6.07, 6.45) is 0. The van der Waals surface area contributed by atoms with Gasteiger partial charge in [-0.3, -0.25) is 0 Å². The van der Waals surface area contributed by atoms with Gasteiger partial charge in [0.2, 0.25) is 0 Å². The van der Waals surface area contributed by atoms with Gasteiger partial charge in [-0.1, -0.05) is 127 Å². The van der Waals surface area contributed by atoms with Crippen molar-refractivity contribution < 1.29 is 4.42 Å². The number of hydrogen-bond donors (Lipinski definition) is 0. The molecule has 238 valence electrons. The van der Waals surface area contributed by atoms with Crippen LogP contribution in [-0.2, 0) is 0 Å². The molecule has 0 atom stereocenters. The summed E-state index contributed by atoms with van der Waals surface area (Å²) < 4.78 is 11.5. The van der Waals surface area contributed by atoms with E-state index in [1.165, 1.54) is 54.8 Å². The Morgan fingerprint density at radius 3 is 1.80 bits per heavy atom. The van der Waals surface area contributed by atoms with E-state index >= 15 is 0 Å². The minimum absolute atomic E-state index is 0.891. The van der Waals surface area contributed by atoms with Crippen LogP contribution in [0.15, 0.2) is 186 Å². The molecule has 3 heterocycles. The lowest BCUT2D eigenvalue weighted by atomic mass is 9.97. The first kappa shape index (κ1) is 28.0. The Morgan fingerprint density at radius 1 is 0.353 bits per heavy atom. The molecule has 0 fully saturated rings. The van der Waals surface area contributed by atoms with Crippen LogP contribution in [0.25, 0.3) is 99.2 Å². The highest BCUT2D eigenvalue weighted by Gasteiger charge is 2.22. The van der Waals surface area contributed by atoms with Crippen LogP contribution in [0.1, 0.15) is 0 Å². The van der Waals surface area contributed by atoms with Crippen molar-refractivity contribution in [3.05, 3.63) is 182 Å². The summed E-state index contributed by atoms with van der Waals surface area (Å²) in [5.74, 6) is 0. The predicted octanol–water partition coefficient (Wildman–Crippen LogP) is 13.1. The molecule has 3 heteroatoms. The first-order valence-electron chi connectivity index (χ1n) is 17.4. The fourth-order valence-electron chi connectivity index (χ4n) is 8.36. The lowest BCUT2D eigenvalue weighted by molar-refractivity contribution is 0.666. The number of rotatable bonds is 4. The number of fused-ring (bicyclic) bond motifs is 9. The van der Waals surface area contributed by atoms with Gasteiger partial charge in [0, 0.05) is 38.0 Å². The van der Waals surface area contributed by atoms with E-state index in [0.29, 0.717) is 0 Å². The highest BCUT2D eigenvalue weighted by atomic mass is 16.3. The van der Waals surface area contributed by atoms with Gasteiger partial charge in [-0.05, 0) is 76.9 Å². The molecule has 8 aromatic carbocycles. The number of para-hydroxylation sites is 4. The second kappa shape index (κ2) is 10.8. The first-order chi connectivity index (χ1) is 25.3. The number of benzene rings is 8. The van der Waals surface area contributed by atoms with Crippen molar-refractivity contribution in [3.8, 4) is 33.6 Å². The lowest BCUT2D eigenvalue weighted by Crippen LogP contribution is -1.95. The van der Waals surface area contributed by atoms with Crippen molar-refractivity contribution >= 4 is 65.6 Å². The molecule has 51 heavy (non-hydrogen) atoms. The second-order valence-electron chi connectivity index (χ2n) is 13.3. The summed E-state index contributed by atoms with van der Waals surface area (Å²) in [4.78, 5) is 0. The zero-order valence-corrected chi connectivity index (χ0v) is 27.6. The molecule has 0 saturated heterocycles. The molecule has 11 rings (SSSR count). The second-order valence-corrected chi connectivity index (χ2v) is 13.3. The lowest BCUT2D eigenvalue weighted by Gasteiger charge is -2.12. The highest BCUT2D eigenvalue weighted by molar-refractivity contribution is 6.19. The van der Waals surface area contributed by atoms with Crippen molar-refractivity contribution in [2.75, 3.05) is 0 Å². The van der Waals surface area contributed by atoms with Crippen LogP contribution in [-0.4, -0.2) is 9.13 Å². The number of aromatic nitrogens is 2. The molecule has 0 N–H and O–H groups in total. The normalized spacial score (nSPS) is 11.9. The smallest absolute Gasteiger partial charge is 0.160 e. The summed E-state index contributed by atoms with van der Waals surface area (Å²) in [6, 6.07) is 65.3. The quantitative estimate of drug-likeness (QED) is 0.186. The Labute approximate surface area is 293 Å². The molecule has 0 unspecified atom stereocenters. The topological polar surface area (TPSA) is 23.0 Å². The van der Waals surface area contributed by atoms with Gasteiger partial charge >= 0.3 is 0 Å². The number of hydrogen-bond acceptors (Lipinski definition) is 1. The summed E-state index contributed by atoms with van der Waals surface area (Å²) in [5, 5.41) is 7.20. The monoisotopic (exact) mass is 650 g/mol. The zero-order chi connectivity index (χ0) is 33.5. The van der Waals surface area contributed by atoms with Crippen molar-refractivity contribution in [1.82, 2.24) is 9.13 Å². The van der Waals surface area contributed by atoms with Gasteiger partial charge in [0.15, 0.2) is 5.58 Å². The Hall–Kier alpha value is -6.84. The Kier molecular flexibility index (Phi) is 5.96. The van der Waals surface area contributed by atoms with Gasteiger partial charge in [0.05, 0.1) is 27.8 Å². The van der Waals surface area contributed by atoms with Gasteiger partial charge in [0.1, 0.15) is 5.58 Å². The molecule has 11 aromatic rings. The third-order valence-electron chi connectivity index (χ3n) is 10.5. The minimum atomic E-state index is 0.891. The van der Waals surface area contributed by atoms with Gasteiger partial charge in [0.25, 0.3) is 0 Å². The predicted molar refractivity (Wildman–Crippen MR) is 213 cm³/mol. The summed E-state index contributed by atoms with van der Waals surface area (Å²) in [5.41, 5.74) is 13.5. The summed E-state index contributed by atoms with van der Waals surface area (Å²) in [7, 11) is 0. The third kappa shape index (κ3) is 4.06. The summed E-state index contributed by atoms with van der Waals surface area (Å²) >= 11 is 0. The van der Waals surface area contributed by atoms with Crippen LogP contribution in [0.5, 0.6) is 0 Å². The van der Waals surface area contributed by atoms with Gasteiger partial charge in [-0.25, -0.2) is 0 Å². The molecule has 0 radical (unpaired) electrons. The third-order valence-corrected chi connectivity index (χ3v) is 10.5. The van der Waals surface area contributed by atoms with E-state index in [2.05, 4.69) is 185 Å². The maximum atomic E-state index is 6.77. The molecule has 0 saturated carbocycles. The van der Waals surface area contributed by atoms with Crippen LogP contribution in [0.3, 0.4) is 0 Å². The standard InChI is InChI=1S/C48H30N2O/c1-3-14-31(15-4-1)35-27-29-44(48-47(35)38-20-9-12-25-45(38)51-48)50-40-22-10-7-18-36(40)39-30-32(26-28-42(39)50)34-21-13-24-43-46(34)37-19-8-11-23-41(37)49(43)33-16-5-2-6-17-33/h1-30H. The van der Waals surface area contributed by atoms with E-state index in [-0.39, 0.29) is 0 Å². The average Bonchev–Trinajstić information content (AvgIpc) is 3.86. The molecule has 0 bridgehead atoms. The van der Waals surface area contributed by atoms with Crippen molar-refractivity contribution in [2.24, 2.45) is 0 Å². The van der Waals surface area contributed by atoms with Gasteiger partial charge in [-0.2, -0.15) is 0 Å². The maximum absolute atomic E-state index is 6.77. The Bertz CT molecular complexity index is 3130. The van der Waals surface area contributed by atoms with E-state index in [0.717, 1.165) is 44.3 Å². The van der Waals surface area contributed by atoms with Gasteiger partial charge in [-0.15, -0.1) is 0 Å². The molecular formula is C48H30N2O. The fourth-order valence-corrected chi connectivity index (χ4v) is 8.36. The molecule has 3 aromatic heterocycles. The SMILES string of the molecule is c1ccc(-c2ccc(-n3c4ccccc4c4cc(-c5cccc6c5c5ccccc5n6-c5ccccc5)ccc43)c3oc4ccccc4c23)cc1. The average molecular weight is 651 g/mol. The molecule has 0 aliphatic carbocycles. The molecule has 0 amide bonds. The van der Waals surface area contributed by atoms with Crippen molar-refractivity contribution in [2.45, 2.75) is 0 Å². The largest absolute Gasteiger partial charge is 0.454 e. The van der Waals surface area contributed by atoms with Crippen LogP contribution in [0.2, 0.25) is 0 Å². The van der Waals surface area contributed by atoms with E-state index < -0.39 is 0 Å². The fraction of sp³-hybridized carbons (Fsp3) is 0. The van der Waals surface area contributed by atoms with Crippen molar-refractivity contribution in [1.29, 1.82) is 0 Å². The molecule has 0 spiro atoms. The molecule has 3 nitrogen and oxygen atoms in total. The Morgan fingerprint density at radius 2 is 0.980 bits per heavy atom. The van der Waals surface area contributed by atoms with Crippen molar-refractivity contribution in [3.63, 3.8) is 0 Å². The van der Waals surface area contributed by atoms with Crippen LogP contribution < -0.4 is 0 Å². The van der Waals surface area contributed by atoms with E-state index in [4.69, 9.17) is 4.42 Å². The van der Waals surface area contributed by atoms with Crippen LogP contribution >= 0.6 is 0 Å². The first-order valence-corrected chi connectivity index (χ1v) is 17.4. The zero-order valence-electron chi connectivity index (χ0n) is 27.6. The maximum Gasteiger partial charge on any atom is 0.160 e.